The maximum Gasteiger partial charge on any atom is 0.0805 e. The Morgan fingerprint density at radius 1 is 1.78 bits per heavy atom. The van der Waals surface area contributed by atoms with Crippen molar-refractivity contribution in [3.63, 3.8) is 0 Å². The van der Waals surface area contributed by atoms with Gasteiger partial charge in [0.25, 0.3) is 0 Å². The largest absolute Gasteiger partial charge is 0.817 e. The van der Waals surface area contributed by atoms with Gasteiger partial charge in [0.05, 0.1) is 18.6 Å². The van der Waals surface area contributed by atoms with Gasteiger partial charge >= 0.3 is 0 Å². The highest BCUT2D eigenvalue weighted by molar-refractivity contribution is 6.18. The van der Waals surface area contributed by atoms with E-state index in [-0.39, 0.29) is 12.3 Å². The molecule has 52 valence electrons. The van der Waals surface area contributed by atoms with Gasteiger partial charge in [-0.05, 0) is 0 Å². The van der Waals surface area contributed by atoms with Crippen molar-refractivity contribution in [2.24, 2.45) is 0 Å². The van der Waals surface area contributed by atoms with Crippen molar-refractivity contribution in [3.8, 4) is 6.07 Å². The quantitative estimate of drug-likeness (QED) is 0.463. The van der Waals surface area contributed by atoms with Gasteiger partial charge in [-0.15, -0.1) is 11.6 Å². The predicted molar refractivity (Wildman–Crippen MR) is 37.4 cm³/mol. The Hall–Kier alpha value is -0.590. The monoisotopic (exact) mass is 147 g/mol. The Kier molecular flexibility index (Phi) is 13.0. The minimum Gasteiger partial charge on any atom is -0.817 e. The standard InChI is InChI=1S/C4H6ClNO.CH2N/c5-3-4(7)1-2-6;1-2/h4,7H,1,3H2;1H2/q;-1. The second-order valence-electron chi connectivity index (χ2n) is 1.17. The van der Waals surface area contributed by atoms with Crippen LogP contribution in [0, 0.1) is 11.3 Å². The first kappa shape index (κ1) is 11.2. The van der Waals surface area contributed by atoms with Crippen LogP contribution in [-0.2, 0) is 0 Å². The molecule has 0 aliphatic carbocycles. The summed E-state index contributed by atoms with van der Waals surface area (Å²) in [4.78, 5) is 0. The second-order valence-corrected chi connectivity index (χ2v) is 1.48. The molecule has 0 radical (unpaired) electrons. The number of nitrogens with zero attached hydrogens (tertiary/aromatic N) is 2. The van der Waals surface area contributed by atoms with E-state index in [0.29, 0.717) is 0 Å². The summed E-state index contributed by atoms with van der Waals surface area (Å²) in [7, 11) is 0. The van der Waals surface area contributed by atoms with Gasteiger partial charge in [0.2, 0.25) is 0 Å². The van der Waals surface area contributed by atoms with Crippen LogP contribution in [0.5, 0.6) is 0 Å². The van der Waals surface area contributed by atoms with Crippen LogP contribution in [0.4, 0.5) is 0 Å². The van der Waals surface area contributed by atoms with Crippen LogP contribution < -0.4 is 0 Å². The molecule has 0 saturated heterocycles. The van der Waals surface area contributed by atoms with Gasteiger partial charge in [0.15, 0.2) is 0 Å². The highest BCUT2D eigenvalue weighted by Gasteiger charge is 1.96. The van der Waals surface area contributed by atoms with E-state index in [0.717, 1.165) is 0 Å². The second kappa shape index (κ2) is 10.4. The Labute approximate surface area is 59.4 Å². The lowest BCUT2D eigenvalue weighted by molar-refractivity contribution is 0.203. The highest BCUT2D eigenvalue weighted by Crippen LogP contribution is 1.90. The number of rotatable bonds is 2. The molecule has 0 rings (SSSR count). The lowest BCUT2D eigenvalue weighted by atomic mass is 10.3. The lowest BCUT2D eigenvalue weighted by Gasteiger charge is -1.94. The Morgan fingerprint density at radius 3 is 2.33 bits per heavy atom. The molecule has 9 heavy (non-hydrogen) atoms. The van der Waals surface area contributed by atoms with Gasteiger partial charge in [0, 0.05) is 5.88 Å². The summed E-state index contributed by atoms with van der Waals surface area (Å²) in [5.74, 6) is 0.146. The zero-order chi connectivity index (χ0) is 7.70. The molecule has 0 bridgehead atoms. The third kappa shape index (κ3) is 11.2. The van der Waals surface area contributed by atoms with E-state index in [1.54, 1.807) is 6.07 Å². The number of aliphatic hydroxyl groups is 1. The molecule has 0 aliphatic rings. The van der Waals surface area contributed by atoms with Gasteiger partial charge in [-0.2, -0.15) is 5.26 Å². The van der Waals surface area contributed by atoms with Gasteiger partial charge in [-0.25, -0.2) is 6.72 Å². The minimum absolute atomic E-state index is 0.128. The molecule has 0 amide bonds. The van der Waals surface area contributed by atoms with Crippen LogP contribution in [0.1, 0.15) is 6.42 Å². The molecule has 1 N–H and O–H groups in total. The molecule has 0 fully saturated rings. The fraction of sp³-hybridized carbons (Fsp3) is 0.600. The molecule has 0 aliphatic heterocycles. The number of hydrogen-bond donors (Lipinski definition) is 1. The molecule has 1 atom stereocenters. The number of nitriles is 1. The lowest BCUT2D eigenvalue weighted by Crippen LogP contribution is -2.05. The van der Waals surface area contributed by atoms with Crippen molar-refractivity contribution >= 4 is 18.3 Å². The van der Waals surface area contributed by atoms with Crippen molar-refractivity contribution in [1.29, 1.82) is 5.26 Å². The van der Waals surface area contributed by atoms with E-state index < -0.39 is 6.10 Å². The fourth-order valence-corrected chi connectivity index (χ4v) is 0.269. The van der Waals surface area contributed by atoms with Crippen LogP contribution >= 0.6 is 11.6 Å². The molecular weight excluding hydrogens is 140 g/mol. The molecule has 0 saturated carbocycles. The highest BCUT2D eigenvalue weighted by atomic mass is 35.5. The molecule has 1 unspecified atom stereocenters. The van der Waals surface area contributed by atoms with Crippen molar-refractivity contribution in [2.45, 2.75) is 12.5 Å². The van der Waals surface area contributed by atoms with E-state index in [9.17, 15) is 0 Å². The van der Waals surface area contributed by atoms with E-state index in [1.165, 1.54) is 0 Å². The van der Waals surface area contributed by atoms with E-state index in [1.807, 2.05) is 0 Å². The van der Waals surface area contributed by atoms with Crippen LogP contribution in [0.3, 0.4) is 0 Å². The van der Waals surface area contributed by atoms with Crippen LogP contribution in [0.15, 0.2) is 0 Å². The number of hydrogen-bond acceptors (Lipinski definition) is 2. The van der Waals surface area contributed by atoms with E-state index >= 15 is 0 Å². The molecule has 0 aromatic heterocycles. The van der Waals surface area contributed by atoms with Crippen molar-refractivity contribution in [3.05, 3.63) is 5.41 Å². The summed E-state index contributed by atoms with van der Waals surface area (Å²) in [6.45, 7) is 2.25. The summed E-state index contributed by atoms with van der Waals surface area (Å²) in [6, 6.07) is 1.78. The predicted octanol–water partition coefficient (Wildman–Crippen LogP) is 0.756. The third-order valence-electron chi connectivity index (χ3n) is 0.505. The Balaban J connectivity index is 0. The van der Waals surface area contributed by atoms with E-state index in [2.05, 4.69) is 6.72 Å². The molecule has 0 aromatic rings. The van der Waals surface area contributed by atoms with E-state index in [4.69, 9.17) is 27.4 Å². The van der Waals surface area contributed by atoms with Gasteiger partial charge in [-0.1, -0.05) is 0 Å². The smallest absolute Gasteiger partial charge is 0.0805 e. The maximum atomic E-state index is 8.50. The molecular formula is C5H8ClN2O-. The SMILES string of the molecule is C=[N-].N#CCC(O)CCl. The molecule has 0 heterocycles. The summed E-state index contributed by atoms with van der Waals surface area (Å²) < 4.78 is 0. The average molecular weight is 148 g/mol. The van der Waals surface area contributed by atoms with Crippen LogP contribution in [0.2, 0.25) is 0 Å². The van der Waals surface area contributed by atoms with Gasteiger partial charge in [0.1, 0.15) is 0 Å². The van der Waals surface area contributed by atoms with Crippen molar-refractivity contribution < 1.29 is 5.11 Å². The molecule has 4 heteroatoms. The summed E-state index contributed by atoms with van der Waals surface area (Å²) in [5.41, 5.74) is 0. The normalized spacial score (nSPS) is 10.3. The summed E-state index contributed by atoms with van der Waals surface area (Å²) in [5, 5.41) is 23.2. The topological polar surface area (TPSA) is 66.3 Å². The number of halogens is 1. The zero-order valence-electron chi connectivity index (χ0n) is 4.92. The molecule has 0 spiro atoms. The Bertz CT molecular complexity index is 91.4. The van der Waals surface area contributed by atoms with Crippen LogP contribution in [0.25, 0.3) is 5.41 Å². The number of aliphatic hydroxyl groups excluding tert-OH is 1. The Morgan fingerprint density at radius 2 is 2.22 bits per heavy atom. The minimum atomic E-state index is -0.647. The average Bonchev–Trinajstić information content (AvgIpc) is 1.93. The number of alkyl halides is 1. The first-order chi connectivity index (χ1) is 4.31. The first-order valence-corrected chi connectivity index (χ1v) is 2.77. The molecule has 0 aromatic carbocycles. The third-order valence-corrected chi connectivity index (χ3v) is 0.861. The zero-order valence-corrected chi connectivity index (χ0v) is 5.67. The maximum absolute atomic E-state index is 8.50. The van der Waals surface area contributed by atoms with Gasteiger partial charge < -0.3 is 10.5 Å². The summed E-state index contributed by atoms with van der Waals surface area (Å²) in [6.07, 6.45) is -0.518. The molecule has 3 nitrogen and oxygen atoms in total. The van der Waals surface area contributed by atoms with Crippen molar-refractivity contribution in [1.82, 2.24) is 0 Å². The van der Waals surface area contributed by atoms with Crippen molar-refractivity contribution in [2.75, 3.05) is 5.88 Å². The van der Waals surface area contributed by atoms with Gasteiger partial charge in [-0.3, -0.25) is 0 Å². The fourth-order valence-electron chi connectivity index (χ4n) is 0.160. The first-order valence-electron chi connectivity index (χ1n) is 2.24. The summed E-state index contributed by atoms with van der Waals surface area (Å²) >= 11 is 5.13. The van der Waals surface area contributed by atoms with Crippen LogP contribution in [-0.4, -0.2) is 23.8 Å².